The lowest BCUT2D eigenvalue weighted by atomic mass is 10.2. The van der Waals surface area contributed by atoms with Crippen molar-refractivity contribution in [1.29, 1.82) is 0 Å². The molecule has 0 spiro atoms. The predicted octanol–water partition coefficient (Wildman–Crippen LogP) is 0.206. The van der Waals surface area contributed by atoms with E-state index in [1.165, 1.54) is 6.92 Å². The van der Waals surface area contributed by atoms with Gasteiger partial charge in [-0.1, -0.05) is 0 Å². The molecule has 1 saturated heterocycles. The average Bonchev–Trinajstić information content (AvgIpc) is 2.85. The van der Waals surface area contributed by atoms with Crippen LogP contribution in [0.15, 0.2) is 0 Å². The van der Waals surface area contributed by atoms with Gasteiger partial charge in [0.15, 0.2) is 0 Å². The van der Waals surface area contributed by atoms with Gasteiger partial charge in [0.25, 0.3) is 0 Å². The summed E-state index contributed by atoms with van der Waals surface area (Å²) in [5.74, 6) is -1.08. The molecule has 2 atom stereocenters. The molecule has 10 heteroatoms. The molecule has 1 unspecified atom stereocenters. The van der Waals surface area contributed by atoms with Gasteiger partial charge in [-0.2, -0.15) is 0 Å². The van der Waals surface area contributed by atoms with Crippen LogP contribution in [0.4, 0.5) is 4.79 Å². The van der Waals surface area contributed by atoms with E-state index in [9.17, 15) is 14.8 Å². The molecule has 1 rings (SSSR count). The summed E-state index contributed by atoms with van der Waals surface area (Å²) in [6, 6.07) is -0.898. The predicted molar refractivity (Wildman–Crippen MR) is 64.4 cm³/mol. The van der Waals surface area contributed by atoms with Gasteiger partial charge in [-0.3, -0.25) is 4.79 Å². The summed E-state index contributed by atoms with van der Waals surface area (Å²) < 4.78 is 9.15. The molecule has 0 aromatic heterocycles. The summed E-state index contributed by atoms with van der Waals surface area (Å²) in [6.07, 6.45) is -1.03. The summed E-state index contributed by atoms with van der Waals surface area (Å²) in [4.78, 5) is 26.6. The first-order valence-corrected chi connectivity index (χ1v) is 6.17. The highest BCUT2D eigenvalue weighted by atomic mass is 16.9. The number of carbonyl (C=O) groups excluding carboxylic acids is 1. The number of ether oxygens (including phenoxy) is 2. The molecule has 20 heavy (non-hydrogen) atoms. The fraction of sp³-hybridized carbons (Fsp3) is 0.800. The summed E-state index contributed by atoms with van der Waals surface area (Å²) in [7, 11) is 0. The molecule has 2 N–H and O–H groups in total. The second kappa shape index (κ2) is 7.97. The molecule has 1 heterocycles. The molecule has 0 aliphatic carbocycles. The third kappa shape index (κ3) is 4.90. The van der Waals surface area contributed by atoms with Crippen molar-refractivity contribution in [2.45, 2.75) is 39.0 Å². The lowest BCUT2D eigenvalue weighted by Gasteiger charge is -2.38. The highest BCUT2D eigenvalue weighted by Gasteiger charge is 2.31. The van der Waals surface area contributed by atoms with E-state index in [0.29, 0.717) is 19.4 Å². The largest absolute Gasteiger partial charge is 0.756 e. The van der Waals surface area contributed by atoms with Crippen molar-refractivity contribution in [1.82, 2.24) is 15.9 Å². The quantitative estimate of drug-likeness (QED) is 0.382. The summed E-state index contributed by atoms with van der Waals surface area (Å²) in [5.41, 5.74) is 1.96. The molecule has 0 aromatic rings. The van der Waals surface area contributed by atoms with Gasteiger partial charge in [-0.05, 0) is 19.8 Å². The molecule has 0 amide bonds. The Bertz CT molecular complexity index is 341. The Hall–Kier alpha value is -1.46. The van der Waals surface area contributed by atoms with E-state index < -0.39 is 24.5 Å². The lowest BCUT2D eigenvalue weighted by molar-refractivity contribution is -0.235. The van der Waals surface area contributed by atoms with Crippen molar-refractivity contribution in [3.05, 3.63) is 5.21 Å². The molecule has 116 valence electrons. The van der Waals surface area contributed by atoms with Gasteiger partial charge in [0.1, 0.15) is 6.04 Å². The normalized spacial score (nSPS) is 20.9. The maximum absolute atomic E-state index is 11.6. The SMILES string of the molecule is CCOC(=O)OC(C)ONN([O-])N1CCC[C@H]1C(=O)O. The summed E-state index contributed by atoms with van der Waals surface area (Å²) in [5, 5.41) is 21.8. The molecule has 1 fully saturated rings. The molecule has 0 radical (unpaired) electrons. The molecular weight excluding hydrogens is 274 g/mol. The van der Waals surface area contributed by atoms with Crippen LogP contribution in [0.25, 0.3) is 0 Å². The van der Waals surface area contributed by atoms with Gasteiger partial charge in [0.05, 0.1) is 6.61 Å². The Labute approximate surface area is 115 Å². The zero-order valence-corrected chi connectivity index (χ0v) is 11.3. The smallest absolute Gasteiger partial charge is 0.510 e. The highest BCUT2D eigenvalue weighted by molar-refractivity contribution is 5.73. The van der Waals surface area contributed by atoms with Crippen molar-refractivity contribution in [3.8, 4) is 0 Å². The minimum absolute atomic E-state index is 0.154. The van der Waals surface area contributed by atoms with Crippen molar-refractivity contribution in [2.24, 2.45) is 0 Å². The second-order valence-corrected chi connectivity index (χ2v) is 4.01. The van der Waals surface area contributed by atoms with Crippen LogP contribution in [0.3, 0.4) is 0 Å². The molecule has 0 aromatic carbocycles. The van der Waals surface area contributed by atoms with Crippen LogP contribution in [0.1, 0.15) is 26.7 Å². The van der Waals surface area contributed by atoms with Gasteiger partial charge in [0, 0.05) is 13.5 Å². The summed E-state index contributed by atoms with van der Waals surface area (Å²) in [6.45, 7) is 3.44. The Morgan fingerprint density at radius 2 is 2.30 bits per heavy atom. The zero-order chi connectivity index (χ0) is 15.1. The number of hydrogen-bond donors (Lipinski definition) is 2. The van der Waals surface area contributed by atoms with E-state index in [-0.39, 0.29) is 11.9 Å². The maximum Gasteiger partial charge on any atom is 0.510 e. The first kappa shape index (κ1) is 16.6. The van der Waals surface area contributed by atoms with Gasteiger partial charge in [0.2, 0.25) is 6.29 Å². The van der Waals surface area contributed by atoms with Gasteiger partial charge < -0.3 is 19.8 Å². The van der Waals surface area contributed by atoms with Crippen LogP contribution < -0.4 is 5.59 Å². The van der Waals surface area contributed by atoms with Crippen LogP contribution in [0.2, 0.25) is 0 Å². The minimum Gasteiger partial charge on any atom is -0.756 e. The number of nitrogens with one attached hydrogen (secondary N) is 1. The van der Waals surface area contributed by atoms with Crippen LogP contribution in [0, 0.1) is 5.21 Å². The van der Waals surface area contributed by atoms with Gasteiger partial charge in [-0.25, -0.2) is 19.9 Å². The average molecular weight is 292 g/mol. The minimum atomic E-state index is -1.08. The zero-order valence-electron chi connectivity index (χ0n) is 11.3. The van der Waals surface area contributed by atoms with Crippen molar-refractivity contribution >= 4 is 12.1 Å². The number of hydrogen-bond acceptors (Lipinski definition) is 9. The van der Waals surface area contributed by atoms with Crippen molar-refractivity contribution < 1.29 is 29.0 Å². The van der Waals surface area contributed by atoms with Crippen LogP contribution in [-0.4, -0.2) is 53.0 Å². The monoisotopic (exact) mass is 292 g/mol. The van der Waals surface area contributed by atoms with E-state index in [4.69, 9.17) is 9.94 Å². The molecule has 1 aliphatic heterocycles. The highest BCUT2D eigenvalue weighted by Crippen LogP contribution is 2.18. The first-order chi connectivity index (χ1) is 9.45. The second-order valence-electron chi connectivity index (χ2n) is 4.01. The third-order valence-electron chi connectivity index (χ3n) is 2.56. The molecule has 1 aliphatic rings. The Morgan fingerprint density at radius 3 is 2.90 bits per heavy atom. The lowest BCUT2D eigenvalue weighted by Crippen LogP contribution is -2.52. The number of hydrazine groups is 2. The van der Waals surface area contributed by atoms with Gasteiger partial charge >= 0.3 is 12.1 Å². The Balaban J connectivity index is 2.33. The number of carbonyl (C=O) groups is 2. The van der Waals surface area contributed by atoms with E-state index >= 15 is 0 Å². The van der Waals surface area contributed by atoms with Gasteiger partial charge in [-0.15, -0.1) is 5.59 Å². The van der Waals surface area contributed by atoms with Crippen molar-refractivity contribution in [2.75, 3.05) is 13.2 Å². The third-order valence-corrected chi connectivity index (χ3v) is 2.56. The molecule has 10 nitrogen and oxygen atoms in total. The van der Waals surface area contributed by atoms with Crippen LogP contribution in [-0.2, 0) is 19.1 Å². The molecular formula is C10H18N3O7-. The van der Waals surface area contributed by atoms with Crippen LogP contribution in [0.5, 0.6) is 0 Å². The standard InChI is InChI=1S/C10H18N3O7/c1-3-18-10(16)19-7(2)20-11-13(17)12-6-4-5-8(12)9(14)15/h7-8,11H,3-6H2,1-2H3,(H,14,15)/q-1/t7?,8-/m0/s1. The van der Waals surface area contributed by atoms with E-state index in [1.54, 1.807) is 6.92 Å². The topological polar surface area (TPSA) is 124 Å². The fourth-order valence-corrected chi connectivity index (χ4v) is 1.70. The van der Waals surface area contributed by atoms with Crippen molar-refractivity contribution in [3.63, 3.8) is 0 Å². The van der Waals surface area contributed by atoms with E-state index in [1.807, 2.05) is 5.59 Å². The molecule has 0 saturated carbocycles. The maximum atomic E-state index is 11.6. The van der Waals surface area contributed by atoms with E-state index in [0.717, 1.165) is 5.01 Å². The fourth-order valence-electron chi connectivity index (χ4n) is 1.70. The number of carboxylic acids is 1. The number of rotatable bonds is 7. The van der Waals surface area contributed by atoms with E-state index in [2.05, 4.69) is 9.47 Å². The first-order valence-electron chi connectivity index (χ1n) is 6.17. The Morgan fingerprint density at radius 1 is 1.60 bits per heavy atom. The number of aliphatic carboxylic acids is 1. The molecule has 0 bridgehead atoms. The Kier molecular flexibility index (Phi) is 6.61. The number of carboxylic acid groups (broad SMARTS) is 1. The summed E-state index contributed by atoms with van der Waals surface area (Å²) >= 11 is 0. The number of nitrogens with zero attached hydrogens (tertiary/aromatic N) is 2. The van der Waals surface area contributed by atoms with Crippen LogP contribution >= 0.6 is 0 Å².